The summed E-state index contributed by atoms with van der Waals surface area (Å²) in [5.74, 6) is -0.368. The van der Waals surface area contributed by atoms with Gasteiger partial charge in [0.2, 0.25) is 5.91 Å². The Bertz CT molecular complexity index is 1470. The molecule has 4 aromatic rings. The number of aromatic amines is 1. The lowest BCUT2D eigenvalue weighted by atomic mass is 10.2. The third-order valence-electron chi connectivity index (χ3n) is 5.72. The summed E-state index contributed by atoms with van der Waals surface area (Å²) < 4.78 is 3.04. The van der Waals surface area contributed by atoms with Crippen molar-refractivity contribution in [2.75, 3.05) is 29.5 Å². The van der Waals surface area contributed by atoms with Gasteiger partial charge in [-0.25, -0.2) is 9.48 Å². The molecule has 0 aliphatic heterocycles. The number of amides is 1. The molecule has 0 saturated carbocycles. The highest BCUT2D eigenvalue weighted by Gasteiger charge is 2.20. The van der Waals surface area contributed by atoms with Crippen LogP contribution < -0.4 is 27.2 Å². The van der Waals surface area contributed by atoms with Crippen molar-refractivity contribution in [1.29, 1.82) is 0 Å². The van der Waals surface area contributed by atoms with Gasteiger partial charge in [0.15, 0.2) is 0 Å². The van der Waals surface area contributed by atoms with Crippen LogP contribution in [0.5, 0.6) is 0 Å². The van der Waals surface area contributed by atoms with Gasteiger partial charge in [0.25, 0.3) is 5.56 Å². The molecule has 0 aliphatic carbocycles. The number of hydrogen-bond acceptors (Lipinski definition) is 6. The number of likely N-dealkylation sites (N-methyl/N-ethyl adjacent to an activating group) is 1. The number of H-pyrrole nitrogens is 1. The van der Waals surface area contributed by atoms with Gasteiger partial charge in [0.1, 0.15) is 11.5 Å². The second-order valence-electron chi connectivity index (χ2n) is 8.26. The lowest BCUT2D eigenvalue weighted by Crippen LogP contribution is -2.39. The van der Waals surface area contributed by atoms with Gasteiger partial charge >= 0.3 is 5.69 Å². The maximum absolute atomic E-state index is 12.9. The first kappa shape index (κ1) is 23.6. The number of nitrogens with one attached hydrogen (secondary N) is 2. The Hall–Kier alpha value is -4.60. The zero-order valence-electron chi connectivity index (χ0n) is 19.8. The molecule has 0 radical (unpaired) electrons. The molecular weight excluding hydrogens is 446 g/mol. The van der Waals surface area contributed by atoms with Crippen LogP contribution in [-0.4, -0.2) is 38.8 Å². The minimum atomic E-state index is -0.656. The van der Waals surface area contributed by atoms with Crippen LogP contribution in [0.25, 0.3) is 5.69 Å². The molecule has 2 heterocycles. The van der Waals surface area contributed by atoms with E-state index in [9.17, 15) is 14.4 Å². The molecule has 0 fully saturated rings. The number of para-hydroxylation sites is 1. The predicted octanol–water partition coefficient (Wildman–Crippen LogP) is 2.04. The number of nitrogen functional groups attached to an aromatic ring is 1. The summed E-state index contributed by atoms with van der Waals surface area (Å²) >= 11 is 0. The fourth-order valence-corrected chi connectivity index (χ4v) is 3.99. The average Bonchev–Trinajstić information content (AvgIpc) is 3.11. The van der Waals surface area contributed by atoms with E-state index in [0.29, 0.717) is 11.4 Å². The molecule has 0 spiro atoms. The van der Waals surface area contributed by atoms with Crippen molar-refractivity contribution < 1.29 is 4.79 Å². The van der Waals surface area contributed by atoms with E-state index in [1.54, 1.807) is 11.7 Å². The molecule has 0 atom stereocenters. The number of carbonyl (C=O) groups is 1. The zero-order chi connectivity index (χ0) is 25.1. The SMILES string of the molecule is Cc1nn(-c2ccccc2)c(C)c1NC(=O)CN(C)c1c(N)n(Cc2ccccc2)c(=O)[nH]c1=O. The van der Waals surface area contributed by atoms with Gasteiger partial charge in [0, 0.05) is 7.05 Å². The van der Waals surface area contributed by atoms with Gasteiger partial charge in [0.05, 0.1) is 35.9 Å². The molecule has 35 heavy (non-hydrogen) atoms. The van der Waals surface area contributed by atoms with Crippen LogP contribution in [0, 0.1) is 13.8 Å². The molecule has 10 heteroatoms. The second-order valence-corrected chi connectivity index (χ2v) is 8.26. The number of hydrogen-bond donors (Lipinski definition) is 3. The quantitative estimate of drug-likeness (QED) is 0.377. The number of nitrogens with two attached hydrogens (primary N) is 1. The van der Waals surface area contributed by atoms with E-state index in [2.05, 4.69) is 15.4 Å². The maximum Gasteiger partial charge on any atom is 0.330 e. The van der Waals surface area contributed by atoms with E-state index in [-0.39, 0.29) is 30.5 Å². The van der Waals surface area contributed by atoms with Crippen molar-refractivity contribution in [2.24, 2.45) is 0 Å². The molecule has 4 N–H and O–H groups in total. The third-order valence-corrected chi connectivity index (χ3v) is 5.72. The van der Waals surface area contributed by atoms with Crippen LogP contribution in [0.2, 0.25) is 0 Å². The lowest BCUT2D eigenvalue weighted by Gasteiger charge is -2.21. The molecule has 1 amide bonds. The number of anilines is 3. The average molecular weight is 474 g/mol. The monoisotopic (exact) mass is 473 g/mol. The second kappa shape index (κ2) is 9.72. The molecule has 10 nitrogen and oxygen atoms in total. The fourth-order valence-electron chi connectivity index (χ4n) is 3.99. The van der Waals surface area contributed by atoms with Crippen LogP contribution in [0.15, 0.2) is 70.3 Å². The molecule has 180 valence electrons. The first-order chi connectivity index (χ1) is 16.8. The number of rotatable bonds is 7. The van der Waals surface area contributed by atoms with Crippen LogP contribution in [-0.2, 0) is 11.3 Å². The normalized spacial score (nSPS) is 10.8. The van der Waals surface area contributed by atoms with E-state index >= 15 is 0 Å². The standard InChI is InChI=1S/C25H27N7O3/c1-16-21(17(2)32(29-16)19-12-8-5-9-13-19)27-20(33)15-30(3)22-23(26)31(25(35)28-24(22)34)14-18-10-6-4-7-11-18/h4-13H,14-15,26H2,1-3H3,(H,27,33)(H,28,34,35). The van der Waals surface area contributed by atoms with Crippen molar-refractivity contribution in [3.8, 4) is 5.69 Å². The lowest BCUT2D eigenvalue weighted by molar-refractivity contribution is -0.114. The summed E-state index contributed by atoms with van der Waals surface area (Å²) in [6.45, 7) is 3.71. The molecule has 4 rings (SSSR count). The summed E-state index contributed by atoms with van der Waals surface area (Å²) in [5.41, 5.74) is 8.78. The van der Waals surface area contributed by atoms with Crippen LogP contribution in [0.4, 0.5) is 17.2 Å². The summed E-state index contributed by atoms with van der Waals surface area (Å²) in [6.07, 6.45) is 0. The third kappa shape index (κ3) is 4.86. The molecule has 0 bridgehead atoms. The topological polar surface area (TPSA) is 131 Å². The first-order valence-corrected chi connectivity index (χ1v) is 11.1. The Balaban J connectivity index is 1.56. The maximum atomic E-state index is 12.9. The van der Waals surface area contributed by atoms with Gasteiger partial charge in [-0.05, 0) is 31.5 Å². The van der Waals surface area contributed by atoms with Crippen molar-refractivity contribution in [3.63, 3.8) is 0 Å². The van der Waals surface area contributed by atoms with Gasteiger partial charge in [-0.1, -0.05) is 48.5 Å². The Kier molecular flexibility index (Phi) is 6.54. The van der Waals surface area contributed by atoms with Gasteiger partial charge in [-0.2, -0.15) is 5.10 Å². The number of aryl methyl sites for hydroxylation is 1. The highest BCUT2D eigenvalue weighted by Crippen LogP contribution is 2.23. The molecule has 2 aromatic carbocycles. The van der Waals surface area contributed by atoms with Gasteiger partial charge in [-0.3, -0.25) is 19.1 Å². The minimum absolute atomic E-state index is 0.0119. The molecule has 0 aliphatic rings. The number of nitrogens with zero attached hydrogens (tertiary/aromatic N) is 4. The van der Waals surface area contributed by atoms with Crippen LogP contribution >= 0.6 is 0 Å². The highest BCUT2D eigenvalue weighted by atomic mass is 16.2. The van der Waals surface area contributed by atoms with Crippen LogP contribution in [0.3, 0.4) is 0 Å². The fraction of sp³-hybridized carbons (Fsp3) is 0.200. The summed E-state index contributed by atoms with van der Waals surface area (Å²) in [6, 6.07) is 18.9. The Morgan fingerprint density at radius 3 is 2.34 bits per heavy atom. The van der Waals surface area contributed by atoms with Crippen molar-refractivity contribution in [1.82, 2.24) is 19.3 Å². The molecule has 0 saturated heterocycles. The van der Waals surface area contributed by atoms with E-state index in [4.69, 9.17) is 5.73 Å². The van der Waals surface area contributed by atoms with E-state index < -0.39 is 11.2 Å². The number of carbonyl (C=O) groups excluding carboxylic acids is 1. The van der Waals surface area contributed by atoms with Crippen molar-refractivity contribution in [2.45, 2.75) is 20.4 Å². The summed E-state index contributed by atoms with van der Waals surface area (Å²) in [7, 11) is 1.57. The number of benzene rings is 2. The molecule has 2 aromatic heterocycles. The van der Waals surface area contributed by atoms with Crippen molar-refractivity contribution in [3.05, 3.63) is 98.5 Å². The molecular formula is C25H27N7O3. The Morgan fingerprint density at radius 2 is 1.69 bits per heavy atom. The van der Waals surface area contributed by atoms with Crippen molar-refractivity contribution >= 4 is 23.1 Å². The van der Waals surface area contributed by atoms with E-state index in [0.717, 1.165) is 16.9 Å². The Morgan fingerprint density at radius 1 is 1.06 bits per heavy atom. The highest BCUT2D eigenvalue weighted by molar-refractivity contribution is 5.95. The molecule has 0 unspecified atom stereocenters. The van der Waals surface area contributed by atoms with E-state index in [1.807, 2.05) is 74.5 Å². The first-order valence-electron chi connectivity index (χ1n) is 11.1. The smallest absolute Gasteiger partial charge is 0.330 e. The predicted molar refractivity (Wildman–Crippen MR) is 136 cm³/mol. The zero-order valence-corrected chi connectivity index (χ0v) is 19.8. The largest absolute Gasteiger partial charge is 0.383 e. The van der Waals surface area contributed by atoms with Gasteiger partial charge in [-0.15, -0.1) is 0 Å². The summed E-state index contributed by atoms with van der Waals surface area (Å²) in [4.78, 5) is 41.6. The number of aromatic nitrogens is 4. The minimum Gasteiger partial charge on any atom is -0.383 e. The van der Waals surface area contributed by atoms with E-state index in [1.165, 1.54) is 9.47 Å². The Labute approximate surface area is 201 Å². The van der Waals surface area contributed by atoms with Crippen LogP contribution in [0.1, 0.15) is 17.0 Å². The van der Waals surface area contributed by atoms with Gasteiger partial charge < -0.3 is 16.0 Å². The summed E-state index contributed by atoms with van der Waals surface area (Å²) in [5, 5.41) is 7.42.